The first kappa shape index (κ1) is 31.1. The van der Waals surface area contributed by atoms with Gasteiger partial charge in [-0.25, -0.2) is 9.37 Å². The summed E-state index contributed by atoms with van der Waals surface area (Å²) in [6.07, 6.45) is -3.86. The molecule has 2 aliphatic carbocycles. The zero-order valence-electron chi connectivity index (χ0n) is 25.6. The molecule has 3 aliphatic heterocycles. The Kier molecular flexibility index (Phi) is 6.96. The maximum atomic E-state index is 15.3. The average molecular weight is 661 g/mol. The first-order chi connectivity index (χ1) is 22.1. The second-order valence-corrected chi connectivity index (χ2v) is 14.2. The fourth-order valence-electron chi connectivity index (χ4n) is 8.26. The third-order valence-electron chi connectivity index (χ3n) is 10.3. The molecule has 7 rings (SSSR count). The van der Waals surface area contributed by atoms with E-state index in [9.17, 15) is 32.8 Å². The van der Waals surface area contributed by atoms with Crippen molar-refractivity contribution in [2.75, 3.05) is 23.7 Å². The van der Waals surface area contributed by atoms with Gasteiger partial charge in [0.2, 0.25) is 17.4 Å². The molecule has 9 atom stereocenters. The molecule has 2 aromatic heterocycles. The Morgan fingerprint density at radius 1 is 1.19 bits per heavy atom. The van der Waals surface area contributed by atoms with Crippen molar-refractivity contribution >= 4 is 29.6 Å². The largest absolute Gasteiger partial charge is 0.472 e. The number of pyridine rings is 1. The van der Waals surface area contributed by atoms with Crippen LogP contribution in [0.4, 0.5) is 29.4 Å². The highest BCUT2D eigenvalue weighted by Gasteiger charge is 2.65. The lowest BCUT2D eigenvalue weighted by Gasteiger charge is -2.38. The van der Waals surface area contributed by atoms with E-state index in [0.29, 0.717) is 12.8 Å². The second-order valence-electron chi connectivity index (χ2n) is 14.2. The van der Waals surface area contributed by atoms with Gasteiger partial charge in [-0.15, -0.1) is 5.10 Å². The smallest absolute Gasteiger partial charge is 0.470 e. The Morgan fingerprint density at radius 2 is 1.96 bits per heavy atom. The van der Waals surface area contributed by atoms with Gasteiger partial charge in [-0.3, -0.25) is 14.4 Å². The van der Waals surface area contributed by atoms with Gasteiger partial charge in [-0.05, 0) is 54.1 Å². The summed E-state index contributed by atoms with van der Waals surface area (Å²) in [5.41, 5.74) is -2.53. The van der Waals surface area contributed by atoms with Crippen molar-refractivity contribution in [2.45, 2.75) is 76.1 Å². The van der Waals surface area contributed by atoms with E-state index in [1.807, 2.05) is 0 Å². The van der Waals surface area contributed by atoms with Gasteiger partial charge in [0.15, 0.2) is 11.6 Å². The molecule has 2 saturated carbocycles. The number of ether oxygens (including phenoxy) is 1. The summed E-state index contributed by atoms with van der Waals surface area (Å²) < 4.78 is 65.6. The number of alkyl halides is 4. The number of nitriles is 1. The molecule has 2 aromatic rings. The monoisotopic (exact) mass is 660 g/mol. The number of aromatic nitrogens is 3. The van der Waals surface area contributed by atoms with E-state index in [1.54, 1.807) is 32.9 Å². The van der Waals surface area contributed by atoms with Crippen LogP contribution in [0.25, 0.3) is 0 Å². The van der Waals surface area contributed by atoms with Crippen LogP contribution in [0.1, 0.15) is 45.9 Å². The van der Waals surface area contributed by atoms with E-state index in [1.165, 1.54) is 16.0 Å². The molecule has 2 bridgehead atoms. The third-order valence-corrected chi connectivity index (χ3v) is 10.3. The van der Waals surface area contributed by atoms with Gasteiger partial charge in [-0.2, -0.15) is 18.4 Å². The minimum atomic E-state index is -4.90. The van der Waals surface area contributed by atoms with Crippen molar-refractivity contribution in [3.8, 4) is 11.8 Å². The molecule has 9 unspecified atom stereocenters. The average Bonchev–Trinajstić information content (AvgIpc) is 3.81. The maximum Gasteiger partial charge on any atom is 0.470 e. The van der Waals surface area contributed by atoms with Crippen molar-refractivity contribution in [1.29, 1.82) is 5.26 Å². The fraction of sp³-hybridized carbons (Fsp3) is 0.633. The Hall–Kier alpha value is -4.49. The standard InChI is InChI=1S/C30H32F4N8O5/c1-28(2,3)21(37-27-40-39-26(46-27)30(32,33)34)24(44)41-11-16-13-7-15(17(31)8-13)19(16)20(41)23(43)42-12-29(9-14(42)10-35)25(45)38-22-18(47-29)5-4-6-36-22/h4-6,13-17,19-21H,7-9,11-12H2,1-3H3,(H,37,40)(H,36,38,45). The first-order valence-electron chi connectivity index (χ1n) is 15.4. The van der Waals surface area contributed by atoms with Crippen LogP contribution >= 0.6 is 0 Å². The zero-order chi connectivity index (χ0) is 33.6. The quantitative estimate of drug-likeness (QED) is 0.466. The molecule has 250 valence electrons. The Labute approximate surface area is 266 Å². The van der Waals surface area contributed by atoms with Crippen LogP contribution in [0.5, 0.6) is 5.75 Å². The summed E-state index contributed by atoms with van der Waals surface area (Å²) in [6.45, 7) is 4.86. The highest BCUT2D eigenvalue weighted by molar-refractivity contribution is 6.01. The maximum absolute atomic E-state index is 15.3. The number of halogens is 4. The second kappa shape index (κ2) is 10.5. The molecule has 17 heteroatoms. The number of carbonyl (C=O) groups excluding carboxylic acids is 3. The number of nitrogens with zero attached hydrogens (tertiary/aromatic N) is 6. The highest BCUT2D eigenvalue weighted by Crippen LogP contribution is 2.59. The molecule has 2 saturated heterocycles. The molecule has 2 N–H and O–H groups in total. The molecule has 47 heavy (non-hydrogen) atoms. The van der Waals surface area contributed by atoms with Gasteiger partial charge in [0.05, 0.1) is 12.6 Å². The fourth-order valence-corrected chi connectivity index (χ4v) is 8.26. The lowest BCUT2D eigenvalue weighted by molar-refractivity contribution is -0.157. The predicted molar refractivity (Wildman–Crippen MR) is 152 cm³/mol. The molecule has 13 nitrogen and oxygen atoms in total. The minimum absolute atomic E-state index is 0.0624. The summed E-state index contributed by atoms with van der Waals surface area (Å²) in [5, 5.41) is 21.9. The van der Waals surface area contributed by atoms with Crippen molar-refractivity contribution in [2.24, 2.45) is 29.1 Å². The van der Waals surface area contributed by atoms with Crippen molar-refractivity contribution in [1.82, 2.24) is 25.0 Å². The van der Waals surface area contributed by atoms with Crippen LogP contribution in [0.2, 0.25) is 0 Å². The molecule has 1 spiro atoms. The van der Waals surface area contributed by atoms with E-state index < -0.39 is 83.0 Å². The van der Waals surface area contributed by atoms with Crippen LogP contribution in [0.3, 0.4) is 0 Å². The lowest BCUT2D eigenvalue weighted by atomic mass is 9.77. The van der Waals surface area contributed by atoms with Crippen LogP contribution in [0.15, 0.2) is 22.7 Å². The molecule has 0 radical (unpaired) electrons. The summed E-state index contributed by atoms with van der Waals surface area (Å²) in [4.78, 5) is 49.1. The van der Waals surface area contributed by atoms with E-state index in [4.69, 9.17) is 9.15 Å². The molecule has 0 aromatic carbocycles. The Balaban J connectivity index is 1.22. The minimum Gasteiger partial charge on any atom is -0.472 e. The summed E-state index contributed by atoms with van der Waals surface area (Å²) >= 11 is 0. The number of hydrogen-bond acceptors (Lipinski definition) is 10. The summed E-state index contributed by atoms with van der Waals surface area (Å²) in [7, 11) is 0. The van der Waals surface area contributed by atoms with E-state index >= 15 is 4.39 Å². The summed E-state index contributed by atoms with van der Waals surface area (Å²) in [5.74, 6) is -4.23. The first-order valence-corrected chi connectivity index (χ1v) is 15.4. The predicted octanol–water partition coefficient (Wildman–Crippen LogP) is 3.03. The SMILES string of the molecule is CC(C)(C)C(Nc1nnc(C(F)(F)F)o1)C(=O)N1CC2C3CC(F)C(C3)C2C1C(=O)N1CC2(CC1C#N)Oc1cccnc1NC2=O. The number of rotatable bonds is 4. The van der Waals surface area contributed by atoms with E-state index in [2.05, 4.69) is 31.9 Å². The van der Waals surface area contributed by atoms with Crippen LogP contribution in [-0.2, 0) is 20.6 Å². The van der Waals surface area contributed by atoms with Crippen molar-refractivity contribution in [3.63, 3.8) is 0 Å². The van der Waals surface area contributed by atoms with Gasteiger partial charge < -0.3 is 29.6 Å². The van der Waals surface area contributed by atoms with E-state index in [-0.39, 0.29) is 42.9 Å². The van der Waals surface area contributed by atoms with Crippen LogP contribution < -0.4 is 15.4 Å². The van der Waals surface area contributed by atoms with E-state index in [0.717, 1.165) is 0 Å². The number of carbonyl (C=O) groups is 3. The number of hydrogen-bond donors (Lipinski definition) is 2. The summed E-state index contributed by atoms with van der Waals surface area (Å²) in [6, 6.07) is 1.17. The number of nitrogens with one attached hydrogen (secondary N) is 2. The highest BCUT2D eigenvalue weighted by atomic mass is 19.4. The van der Waals surface area contributed by atoms with Gasteiger partial charge in [0.25, 0.3) is 5.91 Å². The normalized spacial score (nSPS) is 33.2. The van der Waals surface area contributed by atoms with Crippen LogP contribution in [0, 0.1) is 40.4 Å². The third kappa shape index (κ3) is 4.94. The van der Waals surface area contributed by atoms with Gasteiger partial charge in [-0.1, -0.05) is 25.9 Å². The van der Waals surface area contributed by atoms with Crippen LogP contribution in [-0.4, -0.2) is 85.7 Å². The lowest BCUT2D eigenvalue weighted by Crippen LogP contribution is -2.58. The number of likely N-dealkylation sites (tertiary alicyclic amines) is 2. The van der Waals surface area contributed by atoms with Gasteiger partial charge in [0, 0.05) is 19.2 Å². The van der Waals surface area contributed by atoms with Crippen molar-refractivity contribution < 1.29 is 41.1 Å². The molecule has 5 heterocycles. The zero-order valence-corrected chi connectivity index (χ0v) is 25.6. The molecule has 3 amide bonds. The molecular formula is C30H32F4N8O5. The molecule has 5 aliphatic rings. The Morgan fingerprint density at radius 3 is 2.64 bits per heavy atom. The topological polar surface area (TPSA) is 167 Å². The Bertz CT molecular complexity index is 1670. The number of amides is 3. The van der Waals surface area contributed by atoms with Crippen molar-refractivity contribution in [3.05, 3.63) is 24.2 Å². The molecular weight excluding hydrogens is 628 g/mol. The number of anilines is 2. The van der Waals surface area contributed by atoms with Gasteiger partial charge >= 0.3 is 18.1 Å². The number of fused-ring (bicyclic) bond motifs is 6. The van der Waals surface area contributed by atoms with Gasteiger partial charge in [0.1, 0.15) is 24.3 Å². The molecule has 4 fully saturated rings.